The number of piperazine rings is 1. The fraction of sp³-hybridized carbons (Fsp3) is 0.316. The number of amides is 1. The van der Waals surface area contributed by atoms with Crippen molar-refractivity contribution in [3.8, 4) is 0 Å². The number of rotatable bonds is 4. The van der Waals surface area contributed by atoms with Gasteiger partial charge in [-0.2, -0.15) is 0 Å². The first-order chi connectivity index (χ1) is 12.0. The van der Waals surface area contributed by atoms with Gasteiger partial charge in [-0.05, 0) is 36.9 Å². The van der Waals surface area contributed by atoms with Crippen LogP contribution in [0.15, 0.2) is 42.5 Å². The standard InChI is InChI=1S/C19H21Cl2N3O/c1-23-6-8-24(9-7-23)18-5-3-2-4-14(18)13-22-19(25)15-10-16(20)12-17(21)11-15/h2-5,10-12H,6-9,13H2,1H3,(H,22,25). The molecule has 0 bridgehead atoms. The lowest BCUT2D eigenvalue weighted by Gasteiger charge is -2.35. The van der Waals surface area contributed by atoms with E-state index in [-0.39, 0.29) is 5.91 Å². The second-order valence-corrected chi connectivity index (χ2v) is 7.13. The molecule has 0 atom stereocenters. The number of para-hydroxylation sites is 1. The third-order valence-corrected chi connectivity index (χ3v) is 4.84. The Morgan fingerprint density at radius 1 is 1.04 bits per heavy atom. The maximum atomic E-state index is 12.4. The van der Waals surface area contributed by atoms with Gasteiger partial charge in [-0.3, -0.25) is 4.79 Å². The van der Waals surface area contributed by atoms with Crippen LogP contribution in [-0.2, 0) is 6.54 Å². The highest BCUT2D eigenvalue weighted by molar-refractivity contribution is 6.35. The van der Waals surface area contributed by atoms with Crippen molar-refractivity contribution in [3.05, 3.63) is 63.6 Å². The monoisotopic (exact) mass is 377 g/mol. The Balaban J connectivity index is 1.70. The molecule has 0 aromatic heterocycles. The van der Waals surface area contributed by atoms with E-state index in [1.165, 1.54) is 5.69 Å². The molecule has 4 nitrogen and oxygen atoms in total. The number of nitrogens with one attached hydrogen (secondary N) is 1. The van der Waals surface area contributed by atoms with Crippen molar-refractivity contribution in [3.63, 3.8) is 0 Å². The summed E-state index contributed by atoms with van der Waals surface area (Å²) in [7, 11) is 2.14. The van der Waals surface area contributed by atoms with Gasteiger partial charge in [0.25, 0.3) is 5.91 Å². The number of hydrogen-bond acceptors (Lipinski definition) is 3. The molecular weight excluding hydrogens is 357 g/mol. The predicted molar refractivity (Wildman–Crippen MR) is 104 cm³/mol. The van der Waals surface area contributed by atoms with Crippen LogP contribution in [0.1, 0.15) is 15.9 Å². The molecule has 1 heterocycles. The van der Waals surface area contributed by atoms with Gasteiger partial charge in [-0.25, -0.2) is 0 Å². The van der Waals surface area contributed by atoms with E-state index in [9.17, 15) is 4.79 Å². The maximum Gasteiger partial charge on any atom is 0.251 e. The number of benzene rings is 2. The molecule has 132 valence electrons. The van der Waals surface area contributed by atoms with Crippen LogP contribution in [0, 0.1) is 0 Å². The Kier molecular flexibility index (Phi) is 5.84. The minimum atomic E-state index is -0.183. The van der Waals surface area contributed by atoms with E-state index >= 15 is 0 Å². The predicted octanol–water partition coefficient (Wildman–Crippen LogP) is 3.68. The van der Waals surface area contributed by atoms with Crippen molar-refractivity contribution in [2.24, 2.45) is 0 Å². The number of hydrogen-bond donors (Lipinski definition) is 1. The summed E-state index contributed by atoms with van der Waals surface area (Å²) in [5.41, 5.74) is 2.75. The molecule has 1 aliphatic rings. The van der Waals surface area contributed by atoms with Crippen molar-refractivity contribution in [2.75, 3.05) is 38.1 Å². The Morgan fingerprint density at radius 2 is 1.68 bits per heavy atom. The number of nitrogens with zero attached hydrogens (tertiary/aromatic N) is 2. The Morgan fingerprint density at radius 3 is 2.36 bits per heavy atom. The highest BCUT2D eigenvalue weighted by Gasteiger charge is 2.17. The van der Waals surface area contributed by atoms with E-state index in [2.05, 4.69) is 34.3 Å². The molecule has 1 saturated heterocycles. The molecule has 0 radical (unpaired) electrons. The van der Waals surface area contributed by atoms with Gasteiger partial charge >= 0.3 is 0 Å². The number of likely N-dealkylation sites (N-methyl/N-ethyl adjacent to an activating group) is 1. The summed E-state index contributed by atoms with van der Waals surface area (Å²) >= 11 is 11.9. The van der Waals surface area contributed by atoms with Crippen molar-refractivity contribution < 1.29 is 4.79 Å². The van der Waals surface area contributed by atoms with Crippen molar-refractivity contribution in [1.82, 2.24) is 10.2 Å². The zero-order valence-corrected chi connectivity index (χ0v) is 15.6. The summed E-state index contributed by atoms with van der Waals surface area (Å²) < 4.78 is 0. The summed E-state index contributed by atoms with van der Waals surface area (Å²) in [6.07, 6.45) is 0. The molecule has 0 aliphatic carbocycles. The van der Waals surface area contributed by atoms with E-state index in [1.54, 1.807) is 18.2 Å². The maximum absolute atomic E-state index is 12.4. The summed E-state index contributed by atoms with van der Waals surface area (Å²) in [5, 5.41) is 3.87. The second kappa shape index (κ2) is 8.09. The molecule has 1 N–H and O–H groups in total. The fourth-order valence-corrected chi connectivity index (χ4v) is 3.50. The van der Waals surface area contributed by atoms with Gasteiger partial charge < -0.3 is 15.1 Å². The summed E-state index contributed by atoms with van der Waals surface area (Å²) in [4.78, 5) is 17.1. The molecule has 0 spiro atoms. The third-order valence-electron chi connectivity index (χ3n) is 4.40. The average Bonchev–Trinajstić information content (AvgIpc) is 2.60. The normalized spacial score (nSPS) is 15.2. The van der Waals surface area contributed by atoms with Crippen LogP contribution in [0.4, 0.5) is 5.69 Å². The molecule has 0 unspecified atom stereocenters. The van der Waals surface area contributed by atoms with E-state index in [0.717, 1.165) is 31.7 Å². The molecule has 6 heteroatoms. The van der Waals surface area contributed by atoms with Gasteiger partial charge in [0.15, 0.2) is 0 Å². The first-order valence-corrected chi connectivity index (χ1v) is 9.04. The molecule has 3 rings (SSSR count). The smallest absolute Gasteiger partial charge is 0.251 e. The van der Waals surface area contributed by atoms with Gasteiger partial charge in [0.1, 0.15) is 0 Å². The molecule has 2 aromatic rings. The van der Waals surface area contributed by atoms with Crippen LogP contribution in [0.5, 0.6) is 0 Å². The van der Waals surface area contributed by atoms with Crippen LogP contribution in [0.25, 0.3) is 0 Å². The highest BCUT2D eigenvalue weighted by atomic mass is 35.5. The minimum absolute atomic E-state index is 0.183. The Bertz CT molecular complexity index is 738. The van der Waals surface area contributed by atoms with Crippen molar-refractivity contribution >= 4 is 34.8 Å². The van der Waals surface area contributed by atoms with Gasteiger partial charge in [-0.1, -0.05) is 41.4 Å². The first kappa shape index (κ1) is 18.1. The largest absolute Gasteiger partial charge is 0.369 e. The van der Waals surface area contributed by atoms with Crippen LogP contribution >= 0.6 is 23.2 Å². The molecule has 1 aliphatic heterocycles. The van der Waals surface area contributed by atoms with Crippen LogP contribution in [-0.4, -0.2) is 44.0 Å². The third kappa shape index (κ3) is 4.66. The number of carbonyl (C=O) groups excluding carboxylic acids is 1. The number of anilines is 1. The zero-order valence-electron chi connectivity index (χ0n) is 14.1. The average molecular weight is 378 g/mol. The van der Waals surface area contributed by atoms with Crippen LogP contribution < -0.4 is 10.2 Å². The summed E-state index contributed by atoms with van der Waals surface area (Å²) in [6.45, 7) is 4.53. The lowest BCUT2D eigenvalue weighted by atomic mass is 10.1. The zero-order chi connectivity index (χ0) is 17.8. The van der Waals surface area contributed by atoms with Gasteiger partial charge in [-0.15, -0.1) is 0 Å². The number of halogens is 2. The minimum Gasteiger partial charge on any atom is -0.369 e. The molecular formula is C19H21Cl2N3O. The lowest BCUT2D eigenvalue weighted by Crippen LogP contribution is -2.45. The van der Waals surface area contributed by atoms with Crippen molar-refractivity contribution in [1.29, 1.82) is 0 Å². The summed E-state index contributed by atoms with van der Waals surface area (Å²) in [6, 6.07) is 13.1. The molecule has 1 fully saturated rings. The SMILES string of the molecule is CN1CCN(c2ccccc2CNC(=O)c2cc(Cl)cc(Cl)c2)CC1. The first-order valence-electron chi connectivity index (χ1n) is 8.28. The molecule has 2 aromatic carbocycles. The van der Waals surface area contributed by atoms with E-state index in [1.807, 2.05) is 12.1 Å². The topological polar surface area (TPSA) is 35.6 Å². The van der Waals surface area contributed by atoms with E-state index in [4.69, 9.17) is 23.2 Å². The molecule has 25 heavy (non-hydrogen) atoms. The highest BCUT2D eigenvalue weighted by Crippen LogP contribution is 2.22. The molecule has 0 saturated carbocycles. The van der Waals surface area contributed by atoms with E-state index < -0.39 is 0 Å². The van der Waals surface area contributed by atoms with Crippen LogP contribution in [0.2, 0.25) is 10.0 Å². The fourth-order valence-electron chi connectivity index (χ4n) is 2.98. The summed E-state index contributed by atoms with van der Waals surface area (Å²) in [5.74, 6) is -0.183. The van der Waals surface area contributed by atoms with Crippen LogP contribution in [0.3, 0.4) is 0 Å². The number of carbonyl (C=O) groups is 1. The lowest BCUT2D eigenvalue weighted by molar-refractivity contribution is 0.0951. The Labute approximate surface area is 158 Å². The molecule has 1 amide bonds. The van der Waals surface area contributed by atoms with E-state index in [0.29, 0.717) is 22.2 Å². The van der Waals surface area contributed by atoms with Gasteiger partial charge in [0, 0.05) is 54.0 Å². The van der Waals surface area contributed by atoms with Gasteiger partial charge in [0.05, 0.1) is 0 Å². The second-order valence-electron chi connectivity index (χ2n) is 6.26. The van der Waals surface area contributed by atoms with Gasteiger partial charge in [0.2, 0.25) is 0 Å². The van der Waals surface area contributed by atoms with Crippen molar-refractivity contribution in [2.45, 2.75) is 6.54 Å². The Hall–Kier alpha value is -1.75. The quantitative estimate of drug-likeness (QED) is 0.882.